The summed E-state index contributed by atoms with van der Waals surface area (Å²) in [5.41, 5.74) is 2.43. The Bertz CT molecular complexity index is 811. The molecule has 3 aromatic heterocycles. The fourth-order valence-corrected chi connectivity index (χ4v) is 5.04. The SMILES string of the molecule is O=C(CCc1cccnc1)N1CCc2sccc2C1c1cccs1. The zero-order valence-electron chi connectivity index (χ0n) is 13.2. The van der Waals surface area contributed by atoms with Crippen LogP contribution >= 0.6 is 22.7 Å². The number of thiophene rings is 2. The van der Waals surface area contributed by atoms with Crippen molar-refractivity contribution in [1.29, 1.82) is 0 Å². The van der Waals surface area contributed by atoms with Crippen molar-refractivity contribution in [2.45, 2.75) is 25.3 Å². The lowest BCUT2D eigenvalue weighted by Crippen LogP contribution is -2.39. The van der Waals surface area contributed by atoms with Gasteiger partial charge >= 0.3 is 0 Å². The summed E-state index contributed by atoms with van der Waals surface area (Å²) in [5, 5.41) is 4.24. The number of amides is 1. The molecule has 0 radical (unpaired) electrons. The van der Waals surface area contributed by atoms with E-state index >= 15 is 0 Å². The monoisotopic (exact) mass is 354 g/mol. The molecular weight excluding hydrogens is 336 g/mol. The van der Waals surface area contributed by atoms with Crippen LogP contribution in [0.15, 0.2) is 53.5 Å². The summed E-state index contributed by atoms with van der Waals surface area (Å²) in [7, 11) is 0. The molecule has 1 unspecified atom stereocenters. The minimum atomic E-state index is 0.0846. The van der Waals surface area contributed by atoms with Gasteiger partial charge in [-0.15, -0.1) is 22.7 Å². The maximum absolute atomic E-state index is 12.9. The highest BCUT2D eigenvalue weighted by Gasteiger charge is 2.32. The van der Waals surface area contributed by atoms with E-state index in [4.69, 9.17) is 0 Å². The van der Waals surface area contributed by atoms with Gasteiger partial charge in [0.15, 0.2) is 0 Å². The third-order valence-electron chi connectivity index (χ3n) is 4.45. The quantitative estimate of drug-likeness (QED) is 0.699. The van der Waals surface area contributed by atoms with E-state index in [1.54, 1.807) is 17.5 Å². The highest BCUT2D eigenvalue weighted by molar-refractivity contribution is 7.10. The first kappa shape index (κ1) is 15.5. The van der Waals surface area contributed by atoms with Crippen molar-refractivity contribution < 1.29 is 4.79 Å². The van der Waals surface area contributed by atoms with E-state index in [1.165, 1.54) is 15.3 Å². The number of hydrogen-bond acceptors (Lipinski definition) is 4. The van der Waals surface area contributed by atoms with E-state index in [0.717, 1.165) is 24.9 Å². The summed E-state index contributed by atoms with van der Waals surface area (Å²) in [6.45, 7) is 0.807. The van der Waals surface area contributed by atoms with E-state index < -0.39 is 0 Å². The van der Waals surface area contributed by atoms with Crippen molar-refractivity contribution >= 4 is 28.6 Å². The predicted octanol–water partition coefficient (Wildman–Crippen LogP) is 4.31. The standard InChI is InChI=1S/C19H18N2OS2/c22-18(6-5-14-3-1-9-20-13-14)21-10-7-16-15(8-12-24-16)19(21)17-4-2-11-23-17/h1-4,8-9,11-13,19H,5-7,10H2. The normalized spacial score (nSPS) is 16.8. The van der Waals surface area contributed by atoms with Crippen molar-refractivity contribution in [2.75, 3.05) is 6.54 Å². The fourth-order valence-electron chi connectivity index (χ4n) is 3.28. The molecular formula is C19H18N2OS2. The third kappa shape index (κ3) is 3.01. The molecule has 1 amide bonds. The van der Waals surface area contributed by atoms with Gasteiger partial charge in [-0.1, -0.05) is 12.1 Å². The molecule has 3 aromatic rings. The second-order valence-corrected chi connectivity index (χ2v) is 7.90. The second-order valence-electron chi connectivity index (χ2n) is 5.92. The lowest BCUT2D eigenvalue weighted by Gasteiger charge is -2.35. The fraction of sp³-hybridized carbons (Fsp3) is 0.263. The number of hydrogen-bond donors (Lipinski definition) is 0. The Balaban J connectivity index is 1.56. The summed E-state index contributed by atoms with van der Waals surface area (Å²) < 4.78 is 0. The van der Waals surface area contributed by atoms with Crippen molar-refractivity contribution in [1.82, 2.24) is 9.88 Å². The lowest BCUT2D eigenvalue weighted by molar-refractivity contribution is -0.133. The molecule has 4 heterocycles. The third-order valence-corrected chi connectivity index (χ3v) is 6.37. The van der Waals surface area contributed by atoms with Gasteiger partial charge in [0, 0.05) is 35.1 Å². The Morgan fingerprint density at radius 3 is 2.96 bits per heavy atom. The van der Waals surface area contributed by atoms with Crippen LogP contribution < -0.4 is 0 Å². The molecule has 0 N–H and O–H groups in total. The molecule has 0 saturated heterocycles. The molecule has 24 heavy (non-hydrogen) atoms. The van der Waals surface area contributed by atoms with E-state index in [2.05, 4.69) is 38.8 Å². The maximum Gasteiger partial charge on any atom is 0.223 e. The van der Waals surface area contributed by atoms with Crippen LogP contribution in [-0.4, -0.2) is 22.3 Å². The summed E-state index contributed by atoms with van der Waals surface area (Å²) in [6.07, 6.45) is 5.86. The number of fused-ring (bicyclic) bond motifs is 1. The van der Waals surface area contributed by atoms with Crippen LogP contribution in [0.3, 0.4) is 0 Å². The summed E-state index contributed by atoms with van der Waals surface area (Å²) in [5.74, 6) is 0.231. The topological polar surface area (TPSA) is 33.2 Å². The molecule has 1 aliphatic rings. The van der Waals surface area contributed by atoms with Gasteiger partial charge in [0.2, 0.25) is 5.91 Å². The Hall–Kier alpha value is -1.98. The Morgan fingerprint density at radius 2 is 2.17 bits per heavy atom. The van der Waals surface area contributed by atoms with Gasteiger partial charge in [0.25, 0.3) is 0 Å². The maximum atomic E-state index is 12.9. The van der Waals surface area contributed by atoms with Crippen LogP contribution in [0.25, 0.3) is 0 Å². The average molecular weight is 355 g/mol. The first-order valence-corrected chi connectivity index (χ1v) is 9.87. The van der Waals surface area contributed by atoms with Gasteiger partial charge in [0.05, 0.1) is 6.04 Å². The number of carbonyl (C=O) groups excluding carboxylic acids is 1. The molecule has 0 spiro atoms. The average Bonchev–Trinajstić information content (AvgIpc) is 3.31. The molecule has 4 rings (SSSR count). The molecule has 0 aliphatic carbocycles. The molecule has 122 valence electrons. The van der Waals surface area contributed by atoms with E-state index in [0.29, 0.717) is 6.42 Å². The molecule has 0 saturated carbocycles. The zero-order valence-corrected chi connectivity index (χ0v) is 14.9. The van der Waals surface area contributed by atoms with Crippen LogP contribution in [0.1, 0.15) is 33.3 Å². The largest absolute Gasteiger partial charge is 0.330 e. The first-order chi connectivity index (χ1) is 11.8. The molecule has 3 nitrogen and oxygen atoms in total. The van der Waals surface area contributed by atoms with Crippen LogP contribution in [0.2, 0.25) is 0 Å². The number of rotatable bonds is 4. The number of nitrogens with zero attached hydrogens (tertiary/aromatic N) is 2. The van der Waals surface area contributed by atoms with Crippen molar-refractivity contribution in [3.8, 4) is 0 Å². The van der Waals surface area contributed by atoms with Gasteiger partial charge in [-0.25, -0.2) is 0 Å². The summed E-state index contributed by atoms with van der Waals surface area (Å²) in [6, 6.07) is 10.4. The van der Waals surface area contributed by atoms with E-state index in [-0.39, 0.29) is 11.9 Å². The first-order valence-electron chi connectivity index (χ1n) is 8.11. The van der Waals surface area contributed by atoms with Gasteiger partial charge in [-0.3, -0.25) is 9.78 Å². The highest BCUT2D eigenvalue weighted by atomic mass is 32.1. The zero-order chi connectivity index (χ0) is 16.4. The van der Waals surface area contributed by atoms with E-state index in [1.807, 2.05) is 29.7 Å². The number of pyridine rings is 1. The van der Waals surface area contributed by atoms with Crippen molar-refractivity contribution in [3.05, 3.63) is 74.4 Å². The minimum absolute atomic E-state index is 0.0846. The Morgan fingerprint density at radius 1 is 1.21 bits per heavy atom. The molecule has 0 fully saturated rings. The van der Waals surface area contributed by atoms with Crippen LogP contribution in [-0.2, 0) is 17.6 Å². The van der Waals surface area contributed by atoms with Crippen LogP contribution in [0.5, 0.6) is 0 Å². The van der Waals surface area contributed by atoms with E-state index in [9.17, 15) is 4.79 Å². The van der Waals surface area contributed by atoms with Gasteiger partial charge in [0.1, 0.15) is 0 Å². The van der Waals surface area contributed by atoms with Crippen LogP contribution in [0.4, 0.5) is 0 Å². The summed E-state index contributed by atoms with van der Waals surface area (Å²) in [4.78, 5) is 21.8. The lowest BCUT2D eigenvalue weighted by atomic mass is 9.97. The smallest absolute Gasteiger partial charge is 0.223 e. The number of aromatic nitrogens is 1. The molecule has 0 aromatic carbocycles. The van der Waals surface area contributed by atoms with Crippen molar-refractivity contribution in [2.24, 2.45) is 0 Å². The highest BCUT2D eigenvalue weighted by Crippen LogP contribution is 2.39. The molecule has 1 atom stereocenters. The van der Waals surface area contributed by atoms with Crippen LogP contribution in [0, 0.1) is 0 Å². The number of carbonyl (C=O) groups is 1. The van der Waals surface area contributed by atoms with Gasteiger partial charge in [-0.2, -0.15) is 0 Å². The van der Waals surface area contributed by atoms with Crippen molar-refractivity contribution in [3.63, 3.8) is 0 Å². The summed E-state index contributed by atoms with van der Waals surface area (Å²) >= 11 is 3.54. The van der Waals surface area contributed by atoms with Gasteiger partial charge in [-0.05, 0) is 52.9 Å². The molecule has 1 aliphatic heterocycles. The molecule has 0 bridgehead atoms. The van der Waals surface area contributed by atoms with Gasteiger partial charge < -0.3 is 4.90 Å². The number of aryl methyl sites for hydroxylation is 1. The minimum Gasteiger partial charge on any atom is -0.330 e. The predicted molar refractivity (Wildman–Crippen MR) is 98.5 cm³/mol. The Kier molecular flexibility index (Phi) is 4.45. The second kappa shape index (κ2) is 6.87. The molecule has 5 heteroatoms. The Labute approximate surface area is 149 Å².